The summed E-state index contributed by atoms with van der Waals surface area (Å²) in [5.74, 6) is 1.58. The molecule has 0 saturated heterocycles. The Morgan fingerprint density at radius 3 is 1.53 bits per heavy atom. The van der Waals surface area contributed by atoms with Crippen molar-refractivity contribution in [3.8, 4) is 0 Å². The second kappa shape index (κ2) is 20.1. The summed E-state index contributed by atoms with van der Waals surface area (Å²) < 4.78 is 5.10. The van der Waals surface area contributed by atoms with Crippen LogP contribution in [-0.2, 0) is 19.5 Å². The summed E-state index contributed by atoms with van der Waals surface area (Å²) in [5, 5.41) is 0. The first kappa shape index (κ1) is 27.2. The first-order chi connectivity index (χ1) is 14.8. The Bertz CT molecular complexity index is 477. The third-order valence-corrected chi connectivity index (χ3v) is 6.56. The molecule has 0 fully saturated rings. The van der Waals surface area contributed by atoms with Crippen molar-refractivity contribution >= 4 is 0 Å². The number of hydrogen-bond donors (Lipinski definition) is 0. The Morgan fingerprint density at radius 1 is 0.567 bits per heavy atom. The lowest BCUT2D eigenvalue weighted by Gasteiger charge is -2.06. The van der Waals surface area contributed by atoms with Crippen molar-refractivity contribution < 1.29 is 4.57 Å². The molecule has 1 heterocycles. The molecule has 0 radical (unpaired) electrons. The van der Waals surface area contributed by atoms with E-state index in [0.29, 0.717) is 0 Å². The molecule has 0 bridgehead atoms. The quantitative estimate of drug-likeness (QED) is 0.131. The summed E-state index contributed by atoms with van der Waals surface area (Å²) in [4.78, 5) is 0. The Morgan fingerprint density at radius 2 is 1.03 bits per heavy atom. The van der Waals surface area contributed by atoms with Gasteiger partial charge in [-0.25, -0.2) is 9.13 Å². The second-order valence-corrected chi connectivity index (χ2v) is 9.51. The van der Waals surface area contributed by atoms with E-state index in [1.165, 1.54) is 142 Å². The molecule has 0 aromatic carbocycles. The van der Waals surface area contributed by atoms with Gasteiger partial charge in [-0.05, 0) is 25.7 Å². The van der Waals surface area contributed by atoms with Crippen molar-refractivity contribution in [2.75, 3.05) is 0 Å². The number of unbranched alkanes of at least 4 members (excludes halogenated alkanes) is 16. The summed E-state index contributed by atoms with van der Waals surface area (Å²) >= 11 is 0. The Balaban J connectivity index is 2.20. The zero-order chi connectivity index (χ0) is 21.7. The van der Waals surface area contributed by atoms with Crippen molar-refractivity contribution in [1.29, 1.82) is 0 Å². The van der Waals surface area contributed by atoms with Crippen LogP contribution in [0.15, 0.2) is 12.4 Å². The maximum absolute atomic E-state index is 2.57. The number of hydrogen-bond acceptors (Lipinski definition) is 0. The van der Waals surface area contributed by atoms with Crippen LogP contribution in [0.25, 0.3) is 0 Å². The van der Waals surface area contributed by atoms with Gasteiger partial charge in [-0.15, -0.1) is 0 Å². The molecule has 0 aliphatic carbocycles. The number of imidazole rings is 1. The van der Waals surface area contributed by atoms with Crippen molar-refractivity contribution in [3.05, 3.63) is 18.2 Å². The van der Waals surface area contributed by atoms with Gasteiger partial charge in [0.1, 0.15) is 12.4 Å². The van der Waals surface area contributed by atoms with Crippen LogP contribution in [0.5, 0.6) is 0 Å². The number of nitrogens with zero attached hydrogens (tertiary/aromatic N) is 2. The van der Waals surface area contributed by atoms with Gasteiger partial charge in [0.15, 0.2) is 0 Å². The average Bonchev–Trinajstić information content (AvgIpc) is 3.13. The average molecular weight is 420 g/mol. The number of rotatable bonds is 22. The SMILES string of the molecule is CCCCCCCCCCCCc1n(CCCCCCCCCC)cc[n+]1CCC. The van der Waals surface area contributed by atoms with Crippen molar-refractivity contribution in [2.45, 2.75) is 162 Å². The van der Waals surface area contributed by atoms with Gasteiger partial charge in [0.25, 0.3) is 5.82 Å². The van der Waals surface area contributed by atoms with E-state index in [-0.39, 0.29) is 0 Å². The van der Waals surface area contributed by atoms with Crippen molar-refractivity contribution in [3.63, 3.8) is 0 Å². The Hall–Kier alpha value is -0.790. The van der Waals surface area contributed by atoms with Crippen molar-refractivity contribution in [2.24, 2.45) is 0 Å². The maximum Gasteiger partial charge on any atom is 0.256 e. The van der Waals surface area contributed by atoms with E-state index < -0.39 is 0 Å². The van der Waals surface area contributed by atoms with Gasteiger partial charge in [0.05, 0.1) is 13.1 Å². The predicted octanol–water partition coefficient (Wildman–Crippen LogP) is 8.79. The minimum absolute atomic E-state index is 1.18. The highest BCUT2D eigenvalue weighted by Gasteiger charge is 2.15. The maximum atomic E-state index is 2.57. The smallest absolute Gasteiger partial charge is 0.234 e. The highest BCUT2D eigenvalue weighted by molar-refractivity contribution is 4.84. The molecule has 2 nitrogen and oxygen atoms in total. The van der Waals surface area contributed by atoms with Crippen LogP contribution in [0.3, 0.4) is 0 Å². The topological polar surface area (TPSA) is 8.81 Å². The molecule has 0 saturated carbocycles. The second-order valence-electron chi connectivity index (χ2n) is 9.51. The summed E-state index contributed by atoms with van der Waals surface area (Å²) in [6, 6.07) is 0. The lowest BCUT2D eigenvalue weighted by Crippen LogP contribution is -2.37. The molecule has 0 N–H and O–H groups in total. The van der Waals surface area contributed by atoms with Gasteiger partial charge in [-0.2, -0.15) is 0 Å². The van der Waals surface area contributed by atoms with E-state index in [0.717, 1.165) is 0 Å². The lowest BCUT2D eigenvalue weighted by molar-refractivity contribution is -0.703. The molecule has 0 atom stereocenters. The van der Waals surface area contributed by atoms with E-state index in [2.05, 4.69) is 42.3 Å². The van der Waals surface area contributed by atoms with Gasteiger partial charge < -0.3 is 0 Å². The fourth-order valence-corrected chi connectivity index (χ4v) is 4.62. The van der Waals surface area contributed by atoms with Gasteiger partial charge in [0.2, 0.25) is 0 Å². The predicted molar refractivity (Wildman–Crippen MR) is 133 cm³/mol. The van der Waals surface area contributed by atoms with Crippen molar-refractivity contribution in [1.82, 2.24) is 4.57 Å². The Labute approximate surface area is 189 Å². The van der Waals surface area contributed by atoms with E-state index in [4.69, 9.17) is 0 Å². The molecule has 0 aliphatic rings. The largest absolute Gasteiger partial charge is 0.256 e. The van der Waals surface area contributed by atoms with Crippen LogP contribution in [0.1, 0.15) is 149 Å². The molecule has 0 aliphatic heterocycles. The summed E-state index contributed by atoms with van der Waals surface area (Å²) in [6.07, 6.45) is 32.7. The molecule has 1 rings (SSSR count). The lowest BCUT2D eigenvalue weighted by atomic mass is 10.1. The summed E-state index contributed by atoms with van der Waals surface area (Å²) in [6.45, 7) is 9.30. The molecule has 2 heteroatoms. The zero-order valence-corrected chi connectivity index (χ0v) is 21.1. The normalized spacial score (nSPS) is 11.4. The molecular formula is C28H55N2+. The van der Waals surface area contributed by atoms with Crippen LogP contribution in [0.4, 0.5) is 0 Å². The van der Waals surface area contributed by atoms with Gasteiger partial charge >= 0.3 is 0 Å². The first-order valence-corrected chi connectivity index (χ1v) is 13.9. The molecular weight excluding hydrogens is 364 g/mol. The van der Waals surface area contributed by atoms with E-state index in [9.17, 15) is 0 Å². The van der Waals surface area contributed by atoms with Gasteiger partial charge in [-0.3, -0.25) is 0 Å². The molecule has 30 heavy (non-hydrogen) atoms. The van der Waals surface area contributed by atoms with E-state index in [1.54, 1.807) is 5.82 Å². The molecule has 1 aromatic rings. The van der Waals surface area contributed by atoms with Crippen LogP contribution in [0.2, 0.25) is 0 Å². The summed E-state index contributed by atoms with van der Waals surface area (Å²) in [7, 11) is 0. The van der Waals surface area contributed by atoms with Gasteiger partial charge in [0, 0.05) is 6.42 Å². The highest BCUT2D eigenvalue weighted by atomic mass is 15.1. The zero-order valence-electron chi connectivity index (χ0n) is 21.1. The minimum Gasteiger partial charge on any atom is -0.234 e. The number of aromatic nitrogens is 2. The van der Waals surface area contributed by atoms with Gasteiger partial charge in [-0.1, -0.05) is 117 Å². The van der Waals surface area contributed by atoms with Crippen LogP contribution in [0, 0.1) is 0 Å². The monoisotopic (exact) mass is 419 g/mol. The minimum atomic E-state index is 1.18. The Kier molecular flexibility index (Phi) is 18.3. The standard InChI is InChI=1S/C28H55N2/c1-4-7-9-11-13-15-16-17-19-21-23-28-29(24-6-3)26-27-30(28)25-22-20-18-14-12-10-8-5-2/h26-27H,4-25H2,1-3H3/q+1. The third kappa shape index (κ3) is 13.5. The van der Waals surface area contributed by atoms with Crippen LogP contribution in [-0.4, -0.2) is 4.57 Å². The molecule has 0 unspecified atom stereocenters. The van der Waals surface area contributed by atoms with Crippen LogP contribution >= 0.6 is 0 Å². The third-order valence-electron chi connectivity index (χ3n) is 6.56. The molecule has 0 spiro atoms. The van der Waals surface area contributed by atoms with E-state index in [1.807, 2.05) is 0 Å². The van der Waals surface area contributed by atoms with E-state index >= 15 is 0 Å². The molecule has 0 amide bonds. The molecule has 1 aromatic heterocycles. The van der Waals surface area contributed by atoms with Crippen LogP contribution < -0.4 is 4.57 Å². The number of aryl methyl sites for hydroxylation is 2. The fraction of sp³-hybridized carbons (Fsp3) is 0.893. The highest BCUT2D eigenvalue weighted by Crippen LogP contribution is 2.13. The molecule has 176 valence electrons. The summed E-state index contributed by atoms with van der Waals surface area (Å²) in [5.41, 5.74) is 0. The first-order valence-electron chi connectivity index (χ1n) is 13.9. The fourth-order valence-electron chi connectivity index (χ4n) is 4.62.